The second-order valence-electron chi connectivity index (χ2n) is 13.6. The Bertz CT molecular complexity index is 1960. The van der Waals surface area contributed by atoms with E-state index in [1.807, 2.05) is 74.6 Å². The molecule has 4 heterocycles. The summed E-state index contributed by atoms with van der Waals surface area (Å²) >= 11 is 0. The molecule has 4 aromatic rings. The van der Waals surface area contributed by atoms with Crippen LogP contribution < -0.4 is 18.9 Å². The Balaban J connectivity index is 1.30. The van der Waals surface area contributed by atoms with Crippen LogP contribution in [0.25, 0.3) is 0 Å². The number of likely N-dealkylation sites (N-methyl/N-ethyl adjacent to an activating group) is 1. The highest BCUT2D eigenvalue weighted by molar-refractivity contribution is 5.67. The molecule has 258 valence electrons. The van der Waals surface area contributed by atoms with Gasteiger partial charge in [0.1, 0.15) is 24.5 Å². The monoisotopic (exact) mass is 675 g/mol. The van der Waals surface area contributed by atoms with Crippen molar-refractivity contribution >= 4 is 0 Å². The number of benzene rings is 4. The van der Waals surface area contributed by atoms with Gasteiger partial charge >= 0.3 is 0 Å². The van der Waals surface area contributed by atoms with Crippen LogP contribution in [0.3, 0.4) is 0 Å². The Morgan fingerprint density at radius 3 is 2.28 bits per heavy atom. The summed E-state index contributed by atoms with van der Waals surface area (Å²) < 4.78 is 31.1. The van der Waals surface area contributed by atoms with Crippen molar-refractivity contribution in [3.8, 4) is 34.8 Å². The third-order valence-electron chi connectivity index (χ3n) is 10.9. The van der Waals surface area contributed by atoms with E-state index in [2.05, 4.69) is 21.9 Å². The van der Waals surface area contributed by atoms with Gasteiger partial charge in [-0.1, -0.05) is 66.7 Å². The summed E-state index contributed by atoms with van der Waals surface area (Å²) in [5.74, 6) is 2.14. The molecule has 10 nitrogen and oxygen atoms in total. The molecule has 1 fully saturated rings. The van der Waals surface area contributed by atoms with E-state index in [1.165, 1.54) is 0 Å². The smallest absolute Gasteiger partial charge is 0.231 e. The lowest BCUT2D eigenvalue weighted by atomic mass is 9.70. The first-order valence-electron chi connectivity index (χ1n) is 17.0. The second kappa shape index (κ2) is 12.8. The zero-order valence-electron chi connectivity index (χ0n) is 28.6. The number of fused-ring (bicyclic) bond motifs is 9. The number of phenols is 1. The molecule has 0 amide bonds. The number of rotatable bonds is 8. The van der Waals surface area contributed by atoms with Crippen molar-refractivity contribution < 1.29 is 33.9 Å². The van der Waals surface area contributed by atoms with Crippen LogP contribution in [-0.4, -0.2) is 65.7 Å². The number of phenolic OH excluding ortho intramolecular Hbond substituents is 1. The molecular weight excluding hydrogens is 634 g/mol. The summed E-state index contributed by atoms with van der Waals surface area (Å²) in [6.07, 6.45) is -0.610. The minimum Gasteiger partial charge on any atom is -0.507 e. The first-order valence-corrected chi connectivity index (χ1v) is 17.0. The number of nitrogens with zero attached hydrogens (tertiary/aromatic N) is 3. The zero-order valence-corrected chi connectivity index (χ0v) is 28.6. The van der Waals surface area contributed by atoms with Crippen LogP contribution in [0.4, 0.5) is 0 Å². The van der Waals surface area contributed by atoms with Crippen molar-refractivity contribution in [2.24, 2.45) is 0 Å². The Hall–Kier alpha value is -4.79. The molecule has 4 aliphatic heterocycles. The van der Waals surface area contributed by atoms with Gasteiger partial charge in [-0.3, -0.25) is 9.80 Å². The van der Waals surface area contributed by atoms with Gasteiger partial charge in [0, 0.05) is 28.3 Å². The lowest BCUT2D eigenvalue weighted by Crippen LogP contribution is -2.69. The first-order chi connectivity index (χ1) is 24.3. The van der Waals surface area contributed by atoms with Crippen LogP contribution in [0.1, 0.15) is 62.7 Å². The number of aromatic hydroxyl groups is 1. The quantitative estimate of drug-likeness (QED) is 0.237. The molecule has 6 atom stereocenters. The Morgan fingerprint density at radius 2 is 1.60 bits per heavy atom. The molecule has 4 aromatic carbocycles. The van der Waals surface area contributed by atoms with E-state index in [-0.39, 0.29) is 25.2 Å². The fraction of sp³-hybridized carbons (Fsp3) is 0.375. The summed E-state index contributed by atoms with van der Waals surface area (Å²) in [5.41, 5.74) is 6.41. The van der Waals surface area contributed by atoms with Crippen LogP contribution >= 0.6 is 0 Å². The topological polar surface area (TPSA) is 117 Å². The molecule has 0 saturated carbocycles. The van der Waals surface area contributed by atoms with Crippen LogP contribution in [-0.2, 0) is 24.4 Å². The van der Waals surface area contributed by atoms with Crippen molar-refractivity contribution in [2.75, 3.05) is 27.6 Å². The predicted molar refractivity (Wildman–Crippen MR) is 184 cm³/mol. The number of aliphatic hydroxyl groups is 1. The molecule has 0 aliphatic carbocycles. The summed E-state index contributed by atoms with van der Waals surface area (Å²) in [6.45, 7) is 4.63. The summed E-state index contributed by atoms with van der Waals surface area (Å²) in [4.78, 5) is 4.31. The molecule has 0 spiro atoms. The largest absolute Gasteiger partial charge is 0.507 e. The standard InChI is InChI=1S/C40H41N3O7/c1-22-15-26-16-27-28(17-41)43-29(20-47-18-24-11-7-5-8-12-24)31-32(35(44)23(2)38-40(31)50-21-49-38)36(45)34(43)33(42(27)3)30(26)39(37(22)46-4)48-19-25-13-9-6-10-14-25/h5-15,27-29,33-34,36,44-45H,16,18-21H2,1-4H3/t27-,28-,29-,33-,34-,36-/m0/s1. The van der Waals surface area contributed by atoms with E-state index in [0.29, 0.717) is 59.3 Å². The molecule has 2 N–H and O–H groups in total. The molecule has 0 radical (unpaired) electrons. The van der Waals surface area contributed by atoms with E-state index in [0.717, 1.165) is 27.8 Å². The number of hydrogen-bond donors (Lipinski definition) is 2. The SMILES string of the molecule is COc1c(C)cc2c(c1OCc1ccccc1)[C@H]1[C@H]3[C@@H](O)c4c(O)c(C)c5c(c4[C@H](COCc4ccccc4)N3[C@@H](C#N)[C@H](C2)N1C)OCO5. The van der Waals surface area contributed by atoms with Crippen molar-refractivity contribution in [3.05, 3.63) is 111 Å². The number of methoxy groups -OCH3 is 1. The van der Waals surface area contributed by atoms with E-state index in [4.69, 9.17) is 23.7 Å². The Kier molecular flexibility index (Phi) is 8.32. The number of ether oxygens (including phenoxy) is 5. The lowest BCUT2D eigenvalue weighted by molar-refractivity contribution is -0.132. The molecule has 2 bridgehead atoms. The fourth-order valence-electron chi connectivity index (χ4n) is 8.73. The summed E-state index contributed by atoms with van der Waals surface area (Å²) in [5, 5.41) is 35.4. The van der Waals surface area contributed by atoms with Gasteiger partial charge in [-0.25, -0.2) is 0 Å². The highest BCUT2D eigenvalue weighted by Gasteiger charge is 2.59. The molecule has 0 aromatic heterocycles. The number of aryl methyl sites for hydroxylation is 1. The van der Waals surface area contributed by atoms with Crippen LogP contribution in [0.5, 0.6) is 28.7 Å². The molecule has 50 heavy (non-hydrogen) atoms. The van der Waals surface area contributed by atoms with E-state index >= 15 is 0 Å². The molecule has 8 rings (SSSR count). The van der Waals surface area contributed by atoms with Crippen molar-refractivity contribution in [1.82, 2.24) is 9.80 Å². The van der Waals surface area contributed by atoms with Gasteiger partial charge in [-0.15, -0.1) is 0 Å². The van der Waals surface area contributed by atoms with Crippen molar-refractivity contribution in [2.45, 2.75) is 69.8 Å². The van der Waals surface area contributed by atoms with Gasteiger partial charge in [-0.05, 0) is 49.6 Å². The molecule has 0 unspecified atom stereocenters. The zero-order chi connectivity index (χ0) is 34.7. The van der Waals surface area contributed by atoms with E-state index < -0.39 is 30.3 Å². The van der Waals surface area contributed by atoms with E-state index in [1.54, 1.807) is 14.0 Å². The number of aliphatic hydroxyl groups excluding tert-OH is 1. The lowest BCUT2D eigenvalue weighted by Gasteiger charge is -2.61. The minimum absolute atomic E-state index is 0.00646. The fourth-order valence-corrected chi connectivity index (χ4v) is 8.73. The maximum atomic E-state index is 12.6. The predicted octanol–water partition coefficient (Wildman–Crippen LogP) is 5.80. The number of nitriles is 1. The maximum Gasteiger partial charge on any atom is 0.231 e. The molecular formula is C40H41N3O7. The molecule has 4 aliphatic rings. The molecule has 1 saturated heterocycles. The Morgan fingerprint density at radius 1 is 0.920 bits per heavy atom. The molecule has 10 heteroatoms. The first kappa shape index (κ1) is 32.4. The third kappa shape index (κ3) is 4.99. The highest BCUT2D eigenvalue weighted by Crippen LogP contribution is 2.61. The summed E-state index contributed by atoms with van der Waals surface area (Å²) in [6, 6.07) is 22.2. The second-order valence-corrected chi connectivity index (χ2v) is 13.6. The van der Waals surface area contributed by atoms with Crippen molar-refractivity contribution in [3.63, 3.8) is 0 Å². The number of hydrogen-bond acceptors (Lipinski definition) is 10. The van der Waals surface area contributed by atoms with Gasteiger partial charge < -0.3 is 33.9 Å². The normalized spacial score (nSPS) is 24.9. The van der Waals surface area contributed by atoms with Crippen LogP contribution in [0, 0.1) is 25.2 Å². The van der Waals surface area contributed by atoms with Gasteiger partial charge in [0.25, 0.3) is 0 Å². The summed E-state index contributed by atoms with van der Waals surface area (Å²) in [7, 11) is 3.66. The van der Waals surface area contributed by atoms with Crippen molar-refractivity contribution in [1.29, 1.82) is 5.26 Å². The average molecular weight is 676 g/mol. The van der Waals surface area contributed by atoms with E-state index in [9.17, 15) is 15.5 Å². The maximum absolute atomic E-state index is 12.6. The van der Waals surface area contributed by atoms with Gasteiger partial charge in [0.15, 0.2) is 23.0 Å². The third-order valence-corrected chi connectivity index (χ3v) is 10.9. The highest BCUT2D eigenvalue weighted by atomic mass is 16.7. The number of piperazine rings is 1. The van der Waals surface area contributed by atoms with Gasteiger partial charge in [0.05, 0.1) is 44.5 Å². The van der Waals surface area contributed by atoms with Crippen LogP contribution in [0.2, 0.25) is 0 Å². The van der Waals surface area contributed by atoms with Crippen LogP contribution in [0.15, 0.2) is 66.7 Å². The Labute approximate surface area is 291 Å². The van der Waals surface area contributed by atoms with Gasteiger partial charge in [-0.2, -0.15) is 5.26 Å². The van der Waals surface area contributed by atoms with Gasteiger partial charge in [0.2, 0.25) is 6.79 Å². The average Bonchev–Trinajstić information content (AvgIpc) is 3.62. The minimum atomic E-state index is -1.20.